The fraction of sp³-hybridized carbons (Fsp3) is 0. The van der Waals surface area contributed by atoms with Crippen molar-refractivity contribution >= 4 is 43.6 Å². The molecule has 3 aromatic heterocycles. The van der Waals surface area contributed by atoms with Crippen LogP contribution in [0.2, 0.25) is 0 Å². The number of pyridine rings is 1. The van der Waals surface area contributed by atoms with Crippen molar-refractivity contribution in [3.8, 4) is 45.3 Å². The van der Waals surface area contributed by atoms with Gasteiger partial charge in [0.2, 0.25) is 0 Å². The molecule has 210 valence electrons. The Bertz CT molecular complexity index is 2540. The highest BCUT2D eigenvalue weighted by molar-refractivity contribution is 6.14. The number of hydrogen-bond donors (Lipinski definition) is 0. The van der Waals surface area contributed by atoms with Crippen LogP contribution in [-0.4, -0.2) is 19.9 Å². The number of furan rings is 1. The van der Waals surface area contributed by atoms with Crippen molar-refractivity contribution in [2.45, 2.75) is 0 Å². The first-order valence-electron chi connectivity index (χ1n) is 14.9. The number of benzene rings is 6. The Morgan fingerprint density at radius 3 is 1.98 bits per heavy atom. The van der Waals surface area contributed by atoms with E-state index < -0.39 is 0 Å². The Morgan fingerprint density at radius 2 is 1.13 bits per heavy atom. The summed E-state index contributed by atoms with van der Waals surface area (Å²) in [6.07, 6.45) is 1.81. The Labute approximate surface area is 258 Å². The molecular weight excluding hydrogens is 552 g/mol. The maximum absolute atomic E-state index is 6.37. The van der Waals surface area contributed by atoms with E-state index in [4.69, 9.17) is 19.4 Å². The molecule has 0 amide bonds. The molecule has 9 rings (SSSR count). The van der Waals surface area contributed by atoms with Crippen LogP contribution in [0.3, 0.4) is 0 Å². The molecule has 0 aliphatic heterocycles. The molecule has 0 saturated carbocycles. The van der Waals surface area contributed by atoms with Crippen LogP contribution in [-0.2, 0) is 0 Å². The minimum Gasteiger partial charge on any atom is -0.456 e. The molecular formula is C40H24N4O. The summed E-state index contributed by atoms with van der Waals surface area (Å²) >= 11 is 0. The van der Waals surface area contributed by atoms with Gasteiger partial charge in [0.1, 0.15) is 11.2 Å². The third kappa shape index (κ3) is 4.33. The van der Waals surface area contributed by atoms with Crippen molar-refractivity contribution in [3.63, 3.8) is 0 Å². The summed E-state index contributed by atoms with van der Waals surface area (Å²) in [6.45, 7) is 0. The van der Waals surface area contributed by atoms with Crippen LogP contribution >= 0.6 is 0 Å². The van der Waals surface area contributed by atoms with Crippen molar-refractivity contribution in [1.29, 1.82) is 0 Å². The van der Waals surface area contributed by atoms with Gasteiger partial charge in [-0.15, -0.1) is 0 Å². The summed E-state index contributed by atoms with van der Waals surface area (Å²) in [4.78, 5) is 19.9. The average molecular weight is 577 g/mol. The molecule has 9 aromatic rings. The summed E-state index contributed by atoms with van der Waals surface area (Å²) in [5.74, 6) is 1.81. The van der Waals surface area contributed by atoms with Crippen molar-refractivity contribution in [1.82, 2.24) is 19.9 Å². The van der Waals surface area contributed by atoms with E-state index in [0.29, 0.717) is 17.5 Å². The Balaban J connectivity index is 1.32. The van der Waals surface area contributed by atoms with Gasteiger partial charge in [0, 0.05) is 39.0 Å². The predicted octanol–water partition coefficient (Wildman–Crippen LogP) is 10.1. The van der Waals surface area contributed by atoms with Gasteiger partial charge in [0.25, 0.3) is 0 Å². The fourth-order valence-corrected chi connectivity index (χ4v) is 6.22. The van der Waals surface area contributed by atoms with E-state index >= 15 is 0 Å². The van der Waals surface area contributed by atoms with E-state index in [9.17, 15) is 0 Å². The highest BCUT2D eigenvalue weighted by atomic mass is 16.3. The van der Waals surface area contributed by atoms with Crippen molar-refractivity contribution in [2.75, 3.05) is 0 Å². The van der Waals surface area contributed by atoms with Gasteiger partial charge in [-0.1, -0.05) is 103 Å². The lowest BCUT2D eigenvalue weighted by Gasteiger charge is -2.12. The second-order valence-electron chi connectivity index (χ2n) is 11.1. The fourth-order valence-electron chi connectivity index (χ4n) is 6.22. The van der Waals surface area contributed by atoms with Gasteiger partial charge in [-0.05, 0) is 58.3 Å². The summed E-state index contributed by atoms with van der Waals surface area (Å²) in [5.41, 5.74) is 7.49. The van der Waals surface area contributed by atoms with E-state index in [1.54, 1.807) is 0 Å². The second kappa shape index (κ2) is 10.2. The highest BCUT2D eigenvalue weighted by Crippen LogP contribution is 2.39. The zero-order valence-corrected chi connectivity index (χ0v) is 24.1. The van der Waals surface area contributed by atoms with Gasteiger partial charge in [0.05, 0.1) is 5.52 Å². The van der Waals surface area contributed by atoms with E-state index in [1.807, 2.05) is 66.9 Å². The zero-order chi connectivity index (χ0) is 29.7. The first-order valence-corrected chi connectivity index (χ1v) is 14.9. The molecule has 5 heteroatoms. The SMILES string of the molecule is c1ccc(-c2nc(-c3cc(-c4ccccc4)c4ccccc4c3)nc(-c3cccc4oc5cc6cccnc6cc5c34)n2)cc1. The largest absolute Gasteiger partial charge is 0.456 e. The van der Waals surface area contributed by atoms with Crippen LogP contribution in [0, 0.1) is 0 Å². The van der Waals surface area contributed by atoms with E-state index in [2.05, 4.69) is 83.8 Å². The highest BCUT2D eigenvalue weighted by Gasteiger charge is 2.19. The van der Waals surface area contributed by atoms with Gasteiger partial charge >= 0.3 is 0 Å². The quantitative estimate of drug-likeness (QED) is 0.209. The third-order valence-corrected chi connectivity index (χ3v) is 8.33. The van der Waals surface area contributed by atoms with Crippen molar-refractivity contribution in [2.24, 2.45) is 0 Å². The van der Waals surface area contributed by atoms with Crippen LogP contribution in [0.25, 0.3) is 88.9 Å². The molecule has 0 aliphatic rings. The van der Waals surface area contributed by atoms with Gasteiger partial charge < -0.3 is 4.42 Å². The first-order chi connectivity index (χ1) is 22.3. The molecule has 3 heterocycles. The molecule has 0 atom stereocenters. The third-order valence-electron chi connectivity index (χ3n) is 8.33. The lowest BCUT2D eigenvalue weighted by molar-refractivity contribution is 0.669. The molecule has 0 fully saturated rings. The van der Waals surface area contributed by atoms with Gasteiger partial charge in [-0.25, -0.2) is 15.0 Å². The molecule has 5 nitrogen and oxygen atoms in total. The monoisotopic (exact) mass is 576 g/mol. The molecule has 0 spiro atoms. The first kappa shape index (κ1) is 25.3. The zero-order valence-electron chi connectivity index (χ0n) is 24.1. The van der Waals surface area contributed by atoms with Crippen molar-refractivity contribution in [3.05, 3.63) is 146 Å². The standard InChI is InChI=1S/C40H24N4O/c1-3-11-25(12-4-1)32-22-29(21-27-15-7-8-17-30(27)32)39-42-38(26-13-5-2-6-14-26)43-40(44-39)31-18-9-19-35-37(31)33-24-34-28(16-10-20-41-34)23-36(33)45-35/h1-24H. The maximum atomic E-state index is 6.37. The molecule has 6 aromatic carbocycles. The van der Waals surface area contributed by atoms with Gasteiger partial charge in [-0.3, -0.25) is 4.98 Å². The molecule has 0 radical (unpaired) electrons. The van der Waals surface area contributed by atoms with E-state index in [1.165, 1.54) is 5.39 Å². The summed E-state index contributed by atoms with van der Waals surface area (Å²) in [6, 6.07) is 47.5. The van der Waals surface area contributed by atoms with Gasteiger partial charge in [0.15, 0.2) is 17.5 Å². The number of aromatic nitrogens is 4. The Hall–Kier alpha value is -6.20. The summed E-state index contributed by atoms with van der Waals surface area (Å²) in [5, 5.41) is 5.27. The number of rotatable bonds is 4. The molecule has 0 N–H and O–H groups in total. The average Bonchev–Trinajstić information content (AvgIpc) is 3.48. The smallest absolute Gasteiger partial charge is 0.164 e. The van der Waals surface area contributed by atoms with Crippen LogP contribution < -0.4 is 0 Å². The van der Waals surface area contributed by atoms with Crippen LogP contribution in [0.15, 0.2) is 150 Å². The van der Waals surface area contributed by atoms with Crippen LogP contribution in [0.1, 0.15) is 0 Å². The van der Waals surface area contributed by atoms with Gasteiger partial charge in [-0.2, -0.15) is 0 Å². The Morgan fingerprint density at radius 1 is 0.422 bits per heavy atom. The summed E-state index contributed by atoms with van der Waals surface area (Å²) < 4.78 is 6.37. The normalized spacial score (nSPS) is 11.6. The predicted molar refractivity (Wildman–Crippen MR) is 182 cm³/mol. The minimum atomic E-state index is 0.586. The lowest BCUT2D eigenvalue weighted by atomic mass is 9.95. The van der Waals surface area contributed by atoms with Crippen LogP contribution in [0.4, 0.5) is 0 Å². The molecule has 45 heavy (non-hydrogen) atoms. The molecule has 0 unspecified atom stereocenters. The van der Waals surface area contributed by atoms with Crippen molar-refractivity contribution < 1.29 is 4.42 Å². The van der Waals surface area contributed by atoms with E-state index in [0.717, 1.165) is 66.0 Å². The number of fused-ring (bicyclic) bond motifs is 5. The second-order valence-corrected chi connectivity index (χ2v) is 11.1. The number of nitrogens with zero attached hydrogens (tertiary/aromatic N) is 4. The Kier molecular flexibility index (Phi) is 5.74. The summed E-state index contributed by atoms with van der Waals surface area (Å²) in [7, 11) is 0. The number of hydrogen-bond acceptors (Lipinski definition) is 5. The van der Waals surface area contributed by atoms with Crippen LogP contribution in [0.5, 0.6) is 0 Å². The lowest BCUT2D eigenvalue weighted by Crippen LogP contribution is -2.00. The molecule has 0 bridgehead atoms. The topological polar surface area (TPSA) is 64.7 Å². The van der Waals surface area contributed by atoms with E-state index in [-0.39, 0.29) is 0 Å². The molecule has 0 aliphatic carbocycles. The minimum absolute atomic E-state index is 0.586. The molecule has 0 saturated heterocycles. The maximum Gasteiger partial charge on any atom is 0.164 e.